The van der Waals surface area contributed by atoms with E-state index in [9.17, 15) is 9.18 Å². The Morgan fingerprint density at radius 3 is 2.69 bits per heavy atom. The zero-order valence-electron chi connectivity index (χ0n) is 18.3. The lowest BCUT2D eigenvalue weighted by Crippen LogP contribution is -2.43. The van der Waals surface area contributed by atoms with Crippen LogP contribution in [-0.2, 0) is 11.3 Å². The Morgan fingerprint density at radius 1 is 1.06 bits per heavy atom. The van der Waals surface area contributed by atoms with E-state index in [4.69, 9.17) is 4.98 Å². The van der Waals surface area contributed by atoms with Crippen LogP contribution in [0.2, 0.25) is 0 Å². The van der Waals surface area contributed by atoms with Crippen molar-refractivity contribution in [3.8, 4) is 0 Å². The lowest BCUT2D eigenvalue weighted by molar-refractivity contribution is -0.137. The van der Waals surface area contributed by atoms with Crippen molar-refractivity contribution in [1.82, 2.24) is 20.1 Å². The molecule has 0 unspecified atom stereocenters. The Bertz CT molecular complexity index is 1070. The van der Waals surface area contributed by atoms with E-state index in [1.165, 1.54) is 31.4 Å². The van der Waals surface area contributed by atoms with E-state index in [1.54, 1.807) is 12.1 Å². The van der Waals surface area contributed by atoms with Crippen molar-refractivity contribution in [3.05, 3.63) is 53.5 Å². The van der Waals surface area contributed by atoms with Gasteiger partial charge in [-0.15, -0.1) is 0 Å². The fraction of sp³-hybridized carbons (Fsp3) is 0.480. The van der Waals surface area contributed by atoms with Crippen molar-refractivity contribution < 1.29 is 9.18 Å². The average molecular weight is 436 g/mol. The Kier molecular flexibility index (Phi) is 6.06. The summed E-state index contributed by atoms with van der Waals surface area (Å²) in [4.78, 5) is 19.9. The van der Waals surface area contributed by atoms with Gasteiger partial charge in [0.05, 0.1) is 5.39 Å². The van der Waals surface area contributed by atoms with Crippen LogP contribution in [0.15, 0.2) is 36.4 Å². The van der Waals surface area contributed by atoms with Crippen LogP contribution in [0.4, 0.5) is 10.2 Å². The van der Waals surface area contributed by atoms with Gasteiger partial charge in [-0.1, -0.05) is 31.4 Å². The largest absolute Gasteiger partial charge is 0.364 e. The van der Waals surface area contributed by atoms with Gasteiger partial charge < -0.3 is 10.2 Å². The van der Waals surface area contributed by atoms with E-state index in [0.717, 1.165) is 66.9 Å². The number of hydrogen-bond acceptors (Lipinski definition) is 4. The van der Waals surface area contributed by atoms with Gasteiger partial charge in [0.25, 0.3) is 0 Å². The van der Waals surface area contributed by atoms with Gasteiger partial charge in [-0.25, -0.2) is 9.37 Å². The van der Waals surface area contributed by atoms with Crippen LogP contribution in [0.3, 0.4) is 0 Å². The first-order chi connectivity index (χ1) is 15.7. The van der Waals surface area contributed by atoms with Gasteiger partial charge in [0.15, 0.2) is 11.5 Å². The van der Waals surface area contributed by atoms with Crippen LogP contribution < -0.4 is 5.32 Å². The number of anilines is 1. The minimum atomic E-state index is -0.239. The lowest BCUT2D eigenvalue weighted by Gasteiger charge is -2.35. The number of carbonyl (C=O) groups excluding carboxylic acids is 1. The van der Waals surface area contributed by atoms with Crippen molar-refractivity contribution >= 4 is 22.8 Å². The lowest BCUT2D eigenvalue weighted by atomic mass is 9.86. The summed E-state index contributed by atoms with van der Waals surface area (Å²) in [5.41, 5.74) is 2.75. The number of likely N-dealkylation sites (tertiary alicyclic amines) is 1. The van der Waals surface area contributed by atoms with Crippen LogP contribution >= 0.6 is 0 Å². The smallest absolute Gasteiger partial charge is 0.225 e. The average Bonchev–Trinajstić information content (AvgIpc) is 3.26. The Hall–Kier alpha value is -2.96. The van der Waals surface area contributed by atoms with Gasteiger partial charge in [0.2, 0.25) is 5.91 Å². The second-order valence-corrected chi connectivity index (χ2v) is 9.14. The van der Waals surface area contributed by atoms with Crippen LogP contribution in [0.5, 0.6) is 0 Å². The molecule has 1 aliphatic carbocycles. The van der Waals surface area contributed by atoms with Crippen LogP contribution in [0, 0.1) is 11.7 Å². The first-order valence-corrected chi connectivity index (χ1v) is 11.8. The van der Waals surface area contributed by atoms with Crippen molar-refractivity contribution in [1.29, 1.82) is 0 Å². The number of rotatable bonds is 5. The van der Waals surface area contributed by atoms with E-state index in [2.05, 4.69) is 32.5 Å². The molecule has 168 valence electrons. The molecule has 1 saturated heterocycles. The molecule has 0 radical (unpaired) electrons. The van der Waals surface area contributed by atoms with E-state index < -0.39 is 0 Å². The van der Waals surface area contributed by atoms with Crippen LogP contribution in [0.25, 0.3) is 11.0 Å². The van der Waals surface area contributed by atoms with E-state index in [-0.39, 0.29) is 17.7 Å². The molecule has 1 saturated carbocycles. The van der Waals surface area contributed by atoms with Crippen molar-refractivity contribution in [2.45, 2.75) is 57.4 Å². The molecule has 0 spiro atoms. The third kappa shape index (κ3) is 4.47. The maximum atomic E-state index is 13.1. The number of amides is 1. The molecule has 6 nitrogen and oxygen atoms in total. The predicted octanol–water partition coefficient (Wildman–Crippen LogP) is 5.00. The third-order valence-corrected chi connectivity index (χ3v) is 6.92. The number of nitrogens with zero attached hydrogens (tertiary/aromatic N) is 3. The molecule has 1 aromatic carbocycles. The number of hydrogen-bond donors (Lipinski definition) is 2. The molecule has 0 bridgehead atoms. The second-order valence-electron chi connectivity index (χ2n) is 9.14. The van der Waals surface area contributed by atoms with Crippen LogP contribution in [-0.4, -0.2) is 39.1 Å². The monoisotopic (exact) mass is 435 g/mol. The number of aromatic amines is 1. The SMILES string of the molecule is O=C(C1CCCCC1)N1CCC[C@H](c2ccc3c(NCc4ccc(F)cc4)n[nH]c3n2)C1. The normalized spacial score (nSPS) is 19.9. The van der Waals surface area contributed by atoms with Crippen molar-refractivity contribution in [2.24, 2.45) is 5.92 Å². The fourth-order valence-electron chi connectivity index (χ4n) is 5.10. The summed E-state index contributed by atoms with van der Waals surface area (Å²) in [6.45, 7) is 2.19. The van der Waals surface area contributed by atoms with Gasteiger partial charge in [-0.05, 0) is 55.5 Å². The molecule has 7 heteroatoms. The number of benzene rings is 1. The molecule has 2 fully saturated rings. The Morgan fingerprint density at radius 2 is 1.88 bits per heavy atom. The van der Waals surface area contributed by atoms with Gasteiger partial charge in [0.1, 0.15) is 5.82 Å². The van der Waals surface area contributed by atoms with Gasteiger partial charge >= 0.3 is 0 Å². The molecule has 3 aromatic rings. The quantitative estimate of drug-likeness (QED) is 0.592. The maximum Gasteiger partial charge on any atom is 0.225 e. The van der Waals surface area contributed by atoms with Gasteiger partial charge in [0, 0.05) is 37.2 Å². The number of nitrogens with one attached hydrogen (secondary N) is 2. The minimum Gasteiger partial charge on any atom is -0.364 e. The van der Waals surface area contributed by atoms with Crippen molar-refractivity contribution in [3.63, 3.8) is 0 Å². The predicted molar refractivity (Wildman–Crippen MR) is 123 cm³/mol. The van der Waals surface area contributed by atoms with E-state index in [0.29, 0.717) is 12.5 Å². The summed E-state index contributed by atoms with van der Waals surface area (Å²) in [5, 5.41) is 11.7. The molecular formula is C25H30FN5O. The molecule has 2 aliphatic rings. The summed E-state index contributed by atoms with van der Waals surface area (Å²) in [5.74, 6) is 1.34. The summed E-state index contributed by atoms with van der Waals surface area (Å²) < 4.78 is 13.1. The van der Waals surface area contributed by atoms with Gasteiger partial charge in [-0.2, -0.15) is 5.10 Å². The highest BCUT2D eigenvalue weighted by molar-refractivity contribution is 5.87. The first-order valence-electron chi connectivity index (χ1n) is 11.8. The summed E-state index contributed by atoms with van der Waals surface area (Å²) in [6, 6.07) is 10.6. The highest BCUT2D eigenvalue weighted by atomic mass is 19.1. The Labute approximate surface area is 187 Å². The number of piperidine rings is 1. The highest BCUT2D eigenvalue weighted by Crippen LogP contribution is 2.31. The second kappa shape index (κ2) is 9.27. The maximum absolute atomic E-state index is 13.1. The minimum absolute atomic E-state index is 0.222. The molecule has 1 amide bonds. The number of fused-ring (bicyclic) bond motifs is 1. The van der Waals surface area contributed by atoms with E-state index >= 15 is 0 Å². The first kappa shape index (κ1) is 20.9. The van der Waals surface area contributed by atoms with Crippen molar-refractivity contribution in [2.75, 3.05) is 18.4 Å². The molecular weight excluding hydrogens is 405 g/mol. The fourth-order valence-corrected chi connectivity index (χ4v) is 5.10. The zero-order valence-corrected chi connectivity index (χ0v) is 18.3. The number of halogens is 1. The molecule has 3 heterocycles. The Balaban J connectivity index is 1.26. The van der Waals surface area contributed by atoms with E-state index in [1.807, 2.05) is 0 Å². The molecule has 1 atom stereocenters. The third-order valence-electron chi connectivity index (χ3n) is 6.92. The number of aromatic nitrogens is 3. The number of carbonyl (C=O) groups is 1. The van der Waals surface area contributed by atoms with Crippen LogP contribution in [0.1, 0.15) is 62.1 Å². The summed E-state index contributed by atoms with van der Waals surface area (Å²) in [6.07, 6.45) is 7.80. The summed E-state index contributed by atoms with van der Waals surface area (Å²) in [7, 11) is 0. The molecule has 2 aromatic heterocycles. The highest BCUT2D eigenvalue weighted by Gasteiger charge is 2.30. The number of pyridine rings is 1. The number of H-pyrrole nitrogens is 1. The molecule has 2 N–H and O–H groups in total. The topological polar surface area (TPSA) is 73.9 Å². The van der Waals surface area contributed by atoms with Gasteiger partial charge in [-0.3, -0.25) is 9.89 Å². The molecule has 5 rings (SSSR count). The molecule has 32 heavy (non-hydrogen) atoms. The summed E-state index contributed by atoms with van der Waals surface area (Å²) >= 11 is 0. The molecule has 1 aliphatic heterocycles. The standard InChI is InChI=1S/C25H30FN5O/c26-20-10-8-17(9-11-20)15-27-23-21-12-13-22(28-24(21)30-29-23)19-7-4-14-31(16-19)25(32)18-5-2-1-3-6-18/h8-13,18-19H,1-7,14-16H2,(H2,27,28,29,30)/t19-/m0/s1. The zero-order chi connectivity index (χ0) is 21.9.